The molecular weight excluding hydrogens is 435 g/mol. The number of anilines is 1. The third kappa shape index (κ3) is 6.64. The summed E-state index contributed by atoms with van der Waals surface area (Å²) in [5.74, 6) is -0.715. The molecule has 144 valence electrons. The summed E-state index contributed by atoms with van der Waals surface area (Å²) in [6.45, 7) is 0.305. The second-order valence-electron chi connectivity index (χ2n) is 5.74. The van der Waals surface area contributed by atoms with Crippen molar-refractivity contribution in [3.05, 3.63) is 59.1 Å². The Kier molecular flexibility index (Phi) is 8.65. The number of hydrogen-bond acceptors (Lipinski definition) is 7. The number of benzene rings is 2. The van der Waals surface area contributed by atoms with E-state index in [0.717, 1.165) is 29.9 Å². The van der Waals surface area contributed by atoms with E-state index in [1.54, 1.807) is 24.3 Å². The van der Waals surface area contributed by atoms with E-state index >= 15 is 0 Å². The van der Waals surface area contributed by atoms with Crippen LogP contribution in [0.1, 0.15) is 12.0 Å². The summed E-state index contributed by atoms with van der Waals surface area (Å²) < 4.78 is 48.4. The first-order valence-corrected chi connectivity index (χ1v) is 11.0. The van der Waals surface area contributed by atoms with Crippen molar-refractivity contribution in [3.8, 4) is 0 Å². The van der Waals surface area contributed by atoms with E-state index in [2.05, 4.69) is 5.10 Å². The van der Waals surface area contributed by atoms with Crippen LogP contribution in [-0.2, 0) is 25.4 Å². The van der Waals surface area contributed by atoms with E-state index in [1.807, 2.05) is 29.3 Å². The number of rotatable bonds is 7. The van der Waals surface area contributed by atoms with Gasteiger partial charge < -0.3 is 4.55 Å². The zero-order chi connectivity index (χ0) is 19.4. The van der Waals surface area contributed by atoms with Crippen LogP contribution in [0.5, 0.6) is 0 Å². The molecule has 0 aromatic heterocycles. The maximum Gasteiger partial charge on any atom is 1.00 e. The van der Waals surface area contributed by atoms with Gasteiger partial charge in [-0.1, -0.05) is 23.7 Å². The van der Waals surface area contributed by atoms with Crippen LogP contribution in [0.2, 0.25) is 5.02 Å². The third-order valence-electron chi connectivity index (χ3n) is 3.83. The fourth-order valence-corrected chi connectivity index (χ4v) is 3.75. The first kappa shape index (κ1) is 23.5. The van der Waals surface area contributed by atoms with Gasteiger partial charge in [0.25, 0.3) is 0 Å². The van der Waals surface area contributed by atoms with Gasteiger partial charge in [-0.3, -0.25) is 9.19 Å². The Labute approximate surface area is 193 Å². The molecule has 28 heavy (non-hydrogen) atoms. The summed E-state index contributed by atoms with van der Waals surface area (Å²) in [5, 5.41) is 7.13. The molecule has 0 spiro atoms. The summed E-state index contributed by atoms with van der Waals surface area (Å²) in [7, 11) is -4.39. The predicted octanol–water partition coefficient (Wildman–Crippen LogP) is -0.457. The second-order valence-corrected chi connectivity index (χ2v) is 8.88. The molecule has 1 heterocycles. The molecule has 0 bridgehead atoms. The molecule has 2 aromatic rings. The van der Waals surface area contributed by atoms with Gasteiger partial charge >= 0.3 is 29.6 Å². The van der Waals surface area contributed by atoms with Gasteiger partial charge in [-0.25, -0.2) is 12.6 Å². The molecule has 0 aliphatic carbocycles. The number of hydrogen-bond donors (Lipinski definition) is 0. The van der Waals surface area contributed by atoms with Crippen molar-refractivity contribution in [2.24, 2.45) is 5.10 Å². The molecule has 0 amide bonds. The molecule has 1 aliphatic rings. The molecule has 11 heteroatoms. The van der Waals surface area contributed by atoms with Crippen LogP contribution in [0.15, 0.2) is 58.5 Å². The minimum absolute atomic E-state index is 0. The summed E-state index contributed by atoms with van der Waals surface area (Å²) in [5.41, 5.74) is 2.81. The Bertz CT molecular complexity index is 966. The predicted molar refractivity (Wildman–Crippen MR) is 103 cm³/mol. The van der Waals surface area contributed by atoms with E-state index < -0.39 is 33.6 Å². The molecule has 0 fully saturated rings. The van der Waals surface area contributed by atoms with E-state index in [9.17, 15) is 17.2 Å². The molecule has 0 saturated carbocycles. The molecule has 0 saturated heterocycles. The molecule has 7 nitrogen and oxygen atoms in total. The minimum Gasteiger partial charge on any atom is -0.748 e. The smallest absolute Gasteiger partial charge is 0.748 e. The van der Waals surface area contributed by atoms with Gasteiger partial charge in [-0.15, -0.1) is 0 Å². The Balaban J connectivity index is 0.00000280. The molecule has 3 rings (SSSR count). The Hall–Kier alpha value is -0.780. The Morgan fingerprint density at radius 2 is 1.79 bits per heavy atom. The number of hydrazone groups is 1. The fraction of sp³-hybridized carbons (Fsp3) is 0.235. The standard InChI is InChI=1S/C17H17ClN2O5S2.Na/c18-14-3-1-13(2-4-14)17-9-10-20(19-17)15-5-7-16(8-6-15)26(21)25-11-12-27(22,23)24;/h1-8H,9-12H2,(H,22,23,24);/q;+1/p-1. The minimum atomic E-state index is -4.39. The van der Waals surface area contributed by atoms with Crippen LogP contribution in [-0.4, -0.2) is 41.8 Å². The van der Waals surface area contributed by atoms with Crippen LogP contribution in [0, 0.1) is 0 Å². The van der Waals surface area contributed by atoms with Crippen molar-refractivity contribution in [2.45, 2.75) is 11.3 Å². The van der Waals surface area contributed by atoms with Crippen LogP contribution >= 0.6 is 11.6 Å². The van der Waals surface area contributed by atoms with Gasteiger partial charge in [-0.2, -0.15) is 5.10 Å². The van der Waals surface area contributed by atoms with Gasteiger partial charge in [0.15, 0.2) is 11.1 Å². The summed E-state index contributed by atoms with van der Waals surface area (Å²) >= 11 is 4.07. The summed E-state index contributed by atoms with van der Waals surface area (Å²) in [6, 6.07) is 14.3. The normalized spacial score (nSPS) is 15.1. The molecule has 1 atom stereocenters. The SMILES string of the molecule is O=S(OCCS(=O)(=O)[O-])c1ccc(N2CCC(c3ccc(Cl)cc3)=N2)cc1.[Na+]. The molecule has 1 aliphatic heterocycles. The van der Waals surface area contributed by atoms with Crippen LogP contribution in [0.3, 0.4) is 0 Å². The zero-order valence-electron chi connectivity index (χ0n) is 15.1. The second kappa shape index (κ2) is 10.3. The van der Waals surface area contributed by atoms with Gasteiger partial charge in [0.2, 0.25) is 0 Å². The summed E-state index contributed by atoms with van der Waals surface area (Å²) in [4.78, 5) is 0.378. The van der Waals surface area contributed by atoms with Crippen molar-refractivity contribution in [1.82, 2.24) is 0 Å². The van der Waals surface area contributed by atoms with Crippen molar-refractivity contribution in [1.29, 1.82) is 0 Å². The van der Waals surface area contributed by atoms with Gasteiger partial charge in [0.05, 0.1) is 38.8 Å². The van der Waals surface area contributed by atoms with E-state index in [-0.39, 0.29) is 29.6 Å². The molecule has 0 radical (unpaired) electrons. The van der Waals surface area contributed by atoms with E-state index in [1.165, 1.54) is 0 Å². The molecular formula is C17H16ClN2NaO5S2. The van der Waals surface area contributed by atoms with E-state index in [0.29, 0.717) is 9.92 Å². The van der Waals surface area contributed by atoms with Crippen molar-refractivity contribution >= 4 is 44.2 Å². The summed E-state index contributed by atoms with van der Waals surface area (Å²) in [6.07, 6.45) is 0.794. The quantitative estimate of drug-likeness (QED) is 0.418. The zero-order valence-corrected chi connectivity index (χ0v) is 19.5. The Morgan fingerprint density at radius 1 is 1.14 bits per heavy atom. The van der Waals surface area contributed by atoms with Gasteiger partial charge in [-0.05, 0) is 42.0 Å². The number of halogens is 1. The first-order valence-electron chi connectivity index (χ1n) is 8.01. The maximum atomic E-state index is 12.0. The average Bonchev–Trinajstić information content (AvgIpc) is 3.11. The van der Waals surface area contributed by atoms with E-state index in [4.69, 9.17) is 15.8 Å². The topological polar surface area (TPSA) is 99.1 Å². The first-order chi connectivity index (χ1) is 12.8. The Morgan fingerprint density at radius 3 is 2.39 bits per heavy atom. The maximum absolute atomic E-state index is 12.0. The van der Waals surface area contributed by atoms with Crippen molar-refractivity contribution in [2.75, 3.05) is 23.9 Å². The fourth-order valence-electron chi connectivity index (χ4n) is 2.50. The van der Waals surface area contributed by atoms with Crippen molar-refractivity contribution in [3.63, 3.8) is 0 Å². The van der Waals surface area contributed by atoms with Crippen LogP contribution in [0.4, 0.5) is 5.69 Å². The average molecular weight is 451 g/mol. The molecule has 0 N–H and O–H groups in total. The monoisotopic (exact) mass is 450 g/mol. The van der Waals surface area contributed by atoms with Gasteiger partial charge in [0, 0.05) is 18.0 Å². The molecule has 1 unspecified atom stereocenters. The molecule has 2 aromatic carbocycles. The van der Waals surface area contributed by atoms with Crippen LogP contribution < -0.4 is 34.6 Å². The number of nitrogens with zero attached hydrogens (tertiary/aromatic N) is 2. The third-order valence-corrected chi connectivity index (χ3v) is 5.79. The van der Waals surface area contributed by atoms with Gasteiger partial charge in [0.1, 0.15) is 0 Å². The van der Waals surface area contributed by atoms with Crippen molar-refractivity contribution < 1.29 is 50.9 Å². The van der Waals surface area contributed by atoms with Crippen LogP contribution in [0.25, 0.3) is 0 Å². The largest absolute Gasteiger partial charge is 1.00 e.